The molecule has 1 aromatic carbocycles. The number of aromatic nitrogens is 1. The summed E-state index contributed by atoms with van der Waals surface area (Å²) in [7, 11) is 0. The van der Waals surface area contributed by atoms with E-state index >= 15 is 0 Å². The van der Waals surface area contributed by atoms with Crippen molar-refractivity contribution in [3.05, 3.63) is 36.0 Å². The predicted molar refractivity (Wildman–Crippen MR) is 79.4 cm³/mol. The van der Waals surface area contributed by atoms with Gasteiger partial charge in [-0.1, -0.05) is 24.6 Å². The van der Waals surface area contributed by atoms with Crippen LogP contribution in [0.3, 0.4) is 0 Å². The number of nitrogens with one attached hydrogen (secondary N) is 1. The molecule has 1 amide bonds. The molecular formula is C17H20N2O. The molecule has 1 aliphatic carbocycles. The third-order valence-electron chi connectivity index (χ3n) is 5.10. The number of rotatable bonds is 2. The van der Waals surface area contributed by atoms with Crippen molar-refractivity contribution in [2.75, 3.05) is 13.1 Å². The fourth-order valence-corrected chi connectivity index (χ4v) is 3.99. The molecule has 104 valence electrons. The number of carbonyl (C=O) groups excluding carboxylic acids is 1. The monoisotopic (exact) mass is 268 g/mol. The smallest absolute Gasteiger partial charge is 0.227 e. The fraction of sp³-hybridized carbons (Fsp3) is 0.471. The van der Waals surface area contributed by atoms with E-state index in [1.54, 1.807) is 0 Å². The Morgan fingerprint density at radius 1 is 1.20 bits per heavy atom. The van der Waals surface area contributed by atoms with E-state index < -0.39 is 0 Å². The number of para-hydroxylation sites is 1. The highest BCUT2D eigenvalue weighted by Gasteiger charge is 2.37. The molecule has 0 spiro atoms. The van der Waals surface area contributed by atoms with Gasteiger partial charge in [0.1, 0.15) is 0 Å². The Morgan fingerprint density at radius 3 is 2.75 bits per heavy atom. The first kappa shape index (κ1) is 12.0. The maximum atomic E-state index is 12.5. The summed E-state index contributed by atoms with van der Waals surface area (Å²) in [6.07, 6.45) is 6.52. The number of fused-ring (bicyclic) bond motifs is 2. The highest BCUT2D eigenvalue weighted by Crippen LogP contribution is 2.37. The number of amides is 1. The lowest BCUT2D eigenvalue weighted by atomic mass is 10.0. The van der Waals surface area contributed by atoms with Crippen molar-refractivity contribution in [2.45, 2.75) is 25.7 Å². The van der Waals surface area contributed by atoms with Gasteiger partial charge in [0.25, 0.3) is 0 Å². The van der Waals surface area contributed by atoms with Crippen LogP contribution in [0.1, 0.15) is 24.8 Å². The maximum Gasteiger partial charge on any atom is 0.227 e. The van der Waals surface area contributed by atoms with E-state index in [0.29, 0.717) is 12.3 Å². The minimum atomic E-state index is 0.296. The summed E-state index contributed by atoms with van der Waals surface area (Å²) in [4.78, 5) is 17.8. The van der Waals surface area contributed by atoms with Crippen molar-refractivity contribution in [3.8, 4) is 0 Å². The van der Waals surface area contributed by atoms with E-state index in [-0.39, 0.29) is 0 Å². The molecule has 0 radical (unpaired) electrons. The van der Waals surface area contributed by atoms with Gasteiger partial charge in [0.15, 0.2) is 0 Å². The van der Waals surface area contributed by atoms with Crippen LogP contribution >= 0.6 is 0 Å². The molecule has 3 heteroatoms. The lowest BCUT2D eigenvalue weighted by Crippen LogP contribution is -2.30. The zero-order valence-corrected chi connectivity index (χ0v) is 11.6. The second kappa shape index (κ2) is 4.65. The van der Waals surface area contributed by atoms with Crippen LogP contribution in [-0.2, 0) is 11.2 Å². The molecule has 2 unspecified atom stereocenters. The molecule has 1 N–H and O–H groups in total. The van der Waals surface area contributed by atoms with Crippen LogP contribution in [-0.4, -0.2) is 28.9 Å². The Balaban J connectivity index is 1.50. The van der Waals surface area contributed by atoms with Crippen molar-refractivity contribution in [3.63, 3.8) is 0 Å². The van der Waals surface area contributed by atoms with Gasteiger partial charge in [0.2, 0.25) is 5.91 Å². The number of hydrogen-bond acceptors (Lipinski definition) is 1. The largest absolute Gasteiger partial charge is 0.361 e. The predicted octanol–water partition coefficient (Wildman–Crippen LogP) is 2.97. The van der Waals surface area contributed by atoms with Crippen LogP contribution in [0.5, 0.6) is 0 Å². The van der Waals surface area contributed by atoms with Crippen LogP contribution in [0, 0.1) is 11.8 Å². The second-order valence-electron chi connectivity index (χ2n) is 6.29. The highest BCUT2D eigenvalue weighted by atomic mass is 16.2. The summed E-state index contributed by atoms with van der Waals surface area (Å²) in [5.74, 6) is 1.85. The summed E-state index contributed by atoms with van der Waals surface area (Å²) in [5.41, 5.74) is 2.25. The van der Waals surface area contributed by atoms with E-state index in [2.05, 4.69) is 22.0 Å². The SMILES string of the molecule is O=C(Cc1c[nH]c2ccccc12)N1CC2CCCC2C1. The molecule has 2 aliphatic rings. The van der Waals surface area contributed by atoms with E-state index in [1.165, 1.54) is 24.6 Å². The van der Waals surface area contributed by atoms with Gasteiger partial charge in [0, 0.05) is 30.2 Å². The zero-order chi connectivity index (χ0) is 13.5. The second-order valence-corrected chi connectivity index (χ2v) is 6.29. The Morgan fingerprint density at radius 2 is 1.95 bits per heavy atom. The first-order valence-corrected chi connectivity index (χ1v) is 7.64. The Hall–Kier alpha value is -1.77. The van der Waals surface area contributed by atoms with Gasteiger partial charge < -0.3 is 9.88 Å². The van der Waals surface area contributed by atoms with Crippen LogP contribution < -0.4 is 0 Å². The molecule has 3 nitrogen and oxygen atoms in total. The number of H-pyrrole nitrogens is 1. The summed E-state index contributed by atoms with van der Waals surface area (Å²) in [6, 6.07) is 8.20. The van der Waals surface area contributed by atoms with Crippen molar-refractivity contribution in [1.29, 1.82) is 0 Å². The third-order valence-corrected chi connectivity index (χ3v) is 5.10. The molecule has 0 bridgehead atoms. The van der Waals surface area contributed by atoms with Crippen LogP contribution in [0.15, 0.2) is 30.5 Å². The summed E-state index contributed by atoms with van der Waals surface area (Å²) in [6.45, 7) is 1.98. The Kier molecular flexibility index (Phi) is 2.79. The van der Waals surface area contributed by atoms with Crippen molar-refractivity contribution >= 4 is 16.8 Å². The molecular weight excluding hydrogens is 248 g/mol. The van der Waals surface area contributed by atoms with Gasteiger partial charge in [0.05, 0.1) is 6.42 Å². The van der Waals surface area contributed by atoms with Crippen LogP contribution in [0.25, 0.3) is 10.9 Å². The summed E-state index contributed by atoms with van der Waals surface area (Å²) < 4.78 is 0. The molecule has 2 atom stereocenters. The van der Waals surface area contributed by atoms with Crippen molar-refractivity contribution in [1.82, 2.24) is 9.88 Å². The number of hydrogen-bond donors (Lipinski definition) is 1. The van der Waals surface area contributed by atoms with Gasteiger partial charge in [-0.3, -0.25) is 4.79 Å². The van der Waals surface area contributed by atoms with Crippen LogP contribution in [0.2, 0.25) is 0 Å². The number of likely N-dealkylation sites (tertiary alicyclic amines) is 1. The van der Waals surface area contributed by atoms with Crippen molar-refractivity contribution < 1.29 is 4.79 Å². The average molecular weight is 268 g/mol. The van der Waals surface area contributed by atoms with E-state index in [4.69, 9.17) is 0 Å². The number of nitrogens with zero attached hydrogens (tertiary/aromatic N) is 1. The van der Waals surface area contributed by atoms with E-state index in [1.807, 2.05) is 18.3 Å². The van der Waals surface area contributed by atoms with E-state index in [9.17, 15) is 4.79 Å². The average Bonchev–Trinajstić information content (AvgIpc) is 3.12. The van der Waals surface area contributed by atoms with Gasteiger partial charge in [-0.25, -0.2) is 0 Å². The third kappa shape index (κ3) is 1.92. The molecule has 1 aliphatic heterocycles. The van der Waals surface area contributed by atoms with Gasteiger partial charge in [-0.15, -0.1) is 0 Å². The van der Waals surface area contributed by atoms with Crippen LogP contribution in [0.4, 0.5) is 0 Å². The number of benzene rings is 1. The molecule has 2 heterocycles. The lowest BCUT2D eigenvalue weighted by Gasteiger charge is -2.17. The lowest BCUT2D eigenvalue weighted by molar-refractivity contribution is -0.129. The summed E-state index contributed by atoms with van der Waals surface area (Å²) >= 11 is 0. The number of carbonyl (C=O) groups is 1. The topological polar surface area (TPSA) is 36.1 Å². The first-order valence-electron chi connectivity index (χ1n) is 7.64. The molecule has 2 fully saturated rings. The minimum absolute atomic E-state index is 0.296. The first-order chi connectivity index (χ1) is 9.81. The number of aromatic amines is 1. The van der Waals surface area contributed by atoms with Gasteiger partial charge in [-0.05, 0) is 36.3 Å². The van der Waals surface area contributed by atoms with Gasteiger partial charge >= 0.3 is 0 Å². The quantitative estimate of drug-likeness (QED) is 0.893. The zero-order valence-electron chi connectivity index (χ0n) is 11.6. The molecule has 20 heavy (non-hydrogen) atoms. The fourth-order valence-electron chi connectivity index (χ4n) is 3.99. The Bertz CT molecular complexity index is 633. The molecule has 1 saturated heterocycles. The van der Waals surface area contributed by atoms with Gasteiger partial charge in [-0.2, -0.15) is 0 Å². The maximum absolute atomic E-state index is 12.5. The highest BCUT2D eigenvalue weighted by molar-refractivity contribution is 5.89. The minimum Gasteiger partial charge on any atom is -0.361 e. The summed E-state index contributed by atoms with van der Waals surface area (Å²) in [5, 5.41) is 1.18. The Labute approximate surface area is 119 Å². The molecule has 1 saturated carbocycles. The van der Waals surface area contributed by atoms with E-state index in [0.717, 1.165) is 36.0 Å². The van der Waals surface area contributed by atoms with Crippen molar-refractivity contribution in [2.24, 2.45) is 11.8 Å². The standard InChI is InChI=1S/C17H20N2O/c20-17(19-10-12-4-3-5-13(12)11-19)8-14-9-18-16-7-2-1-6-15(14)16/h1-2,6-7,9,12-13,18H,3-5,8,10-11H2. The molecule has 1 aromatic heterocycles. The normalized spacial score (nSPS) is 25.3. The molecule has 4 rings (SSSR count). The molecule has 2 aromatic rings.